The number of carbonyl (C=O) groups is 1. The fourth-order valence-electron chi connectivity index (χ4n) is 4.28. The third-order valence-electron chi connectivity index (χ3n) is 6.41. The molecule has 1 saturated heterocycles. The summed E-state index contributed by atoms with van der Waals surface area (Å²) in [6.07, 6.45) is 4.72. The number of guanidine groups is 1. The molecule has 4 rings (SSSR count). The zero-order valence-corrected chi connectivity index (χ0v) is 19.4. The minimum Gasteiger partial charge on any atom is -0.497 e. The first-order chi connectivity index (χ1) is 16.1. The average molecular weight is 449 g/mol. The zero-order chi connectivity index (χ0) is 23.0. The Morgan fingerprint density at radius 2 is 1.79 bits per heavy atom. The topological polar surface area (TPSA) is 75.5 Å². The molecule has 0 aliphatic carbocycles. The quantitative estimate of drug-likeness (QED) is 0.653. The van der Waals surface area contributed by atoms with Crippen molar-refractivity contribution in [3.63, 3.8) is 0 Å². The van der Waals surface area contributed by atoms with Crippen LogP contribution in [0.2, 0.25) is 0 Å². The molecule has 2 aliphatic heterocycles. The van der Waals surface area contributed by atoms with E-state index < -0.39 is 0 Å². The first-order valence-corrected chi connectivity index (χ1v) is 11.5. The van der Waals surface area contributed by atoms with Crippen molar-refractivity contribution in [1.29, 1.82) is 0 Å². The van der Waals surface area contributed by atoms with Gasteiger partial charge in [0, 0.05) is 24.4 Å². The van der Waals surface area contributed by atoms with Crippen LogP contribution in [0.3, 0.4) is 0 Å². The van der Waals surface area contributed by atoms with Gasteiger partial charge in [-0.1, -0.05) is 24.3 Å². The van der Waals surface area contributed by atoms with Gasteiger partial charge >= 0.3 is 5.97 Å². The van der Waals surface area contributed by atoms with Crippen molar-refractivity contribution in [2.24, 2.45) is 15.9 Å². The van der Waals surface area contributed by atoms with Crippen molar-refractivity contribution < 1.29 is 14.3 Å². The third kappa shape index (κ3) is 6.20. The van der Waals surface area contributed by atoms with E-state index in [9.17, 15) is 4.79 Å². The summed E-state index contributed by atoms with van der Waals surface area (Å²) < 4.78 is 10.1. The van der Waals surface area contributed by atoms with Crippen LogP contribution in [0.15, 0.2) is 58.5 Å². The molecule has 2 heterocycles. The highest BCUT2D eigenvalue weighted by Crippen LogP contribution is 2.21. The summed E-state index contributed by atoms with van der Waals surface area (Å²) in [7, 11) is 3.14. The van der Waals surface area contributed by atoms with Gasteiger partial charge in [0.05, 0.1) is 26.7 Å². The number of anilines is 1. The molecule has 2 aromatic carbocycles. The Labute approximate surface area is 195 Å². The number of nitrogens with one attached hydrogen (secondary N) is 1. The number of rotatable bonds is 7. The highest BCUT2D eigenvalue weighted by Gasteiger charge is 2.25. The number of ether oxygens (including phenoxy) is 2. The van der Waals surface area contributed by atoms with Gasteiger partial charge < -0.3 is 19.7 Å². The average Bonchev–Trinajstić information content (AvgIpc) is 2.88. The maximum atomic E-state index is 11.7. The molecule has 0 radical (unpaired) electrons. The molecule has 0 saturated carbocycles. The van der Waals surface area contributed by atoms with E-state index in [1.165, 1.54) is 18.2 Å². The van der Waals surface area contributed by atoms with Crippen molar-refractivity contribution >= 4 is 23.8 Å². The van der Waals surface area contributed by atoms with E-state index in [-0.39, 0.29) is 17.8 Å². The SMILES string of the molecule is COC(=O)C1CCN(CCc2ccc(NC3=NCC(c4ccc(OC)cc4)C=N3)cc2)CC1. The molecule has 174 valence electrons. The monoisotopic (exact) mass is 448 g/mol. The number of hydrogen-bond donors (Lipinski definition) is 1. The van der Waals surface area contributed by atoms with Gasteiger partial charge in [-0.15, -0.1) is 0 Å². The van der Waals surface area contributed by atoms with Crippen LogP contribution in [0, 0.1) is 5.92 Å². The molecular weight excluding hydrogens is 416 g/mol. The minimum absolute atomic E-state index is 0.0634. The molecule has 1 N–H and O–H groups in total. The number of hydrogen-bond acceptors (Lipinski definition) is 7. The Morgan fingerprint density at radius 1 is 1.06 bits per heavy atom. The van der Waals surface area contributed by atoms with Gasteiger partial charge in [0.2, 0.25) is 5.96 Å². The van der Waals surface area contributed by atoms with E-state index in [0.29, 0.717) is 12.5 Å². The van der Waals surface area contributed by atoms with Crippen LogP contribution in [0.25, 0.3) is 0 Å². The van der Waals surface area contributed by atoms with Crippen molar-refractivity contribution in [3.8, 4) is 5.75 Å². The largest absolute Gasteiger partial charge is 0.497 e. The van der Waals surface area contributed by atoms with Gasteiger partial charge in [0.1, 0.15) is 5.75 Å². The number of piperidine rings is 1. The predicted octanol–water partition coefficient (Wildman–Crippen LogP) is 3.76. The molecular formula is C26H32N4O3. The number of methoxy groups -OCH3 is 2. The molecule has 1 unspecified atom stereocenters. The lowest BCUT2D eigenvalue weighted by Gasteiger charge is -2.30. The van der Waals surface area contributed by atoms with E-state index in [2.05, 4.69) is 56.6 Å². The third-order valence-corrected chi connectivity index (χ3v) is 6.41. The van der Waals surface area contributed by atoms with E-state index in [1.54, 1.807) is 7.11 Å². The second-order valence-electron chi connectivity index (χ2n) is 8.53. The van der Waals surface area contributed by atoms with Gasteiger partial charge in [-0.3, -0.25) is 9.79 Å². The molecule has 1 atom stereocenters. The Hall–Kier alpha value is -3.19. The summed E-state index contributed by atoms with van der Waals surface area (Å²) in [5.74, 6) is 1.67. The molecule has 7 heteroatoms. The Balaban J connectivity index is 1.22. The molecule has 33 heavy (non-hydrogen) atoms. The highest BCUT2D eigenvalue weighted by atomic mass is 16.5. The van der Waals surface area contributed by atoms with Crippen LogP contribution in [0.4, 0.5) is 5.69 Å². The van der Waals surface area contributed by atoms with Crippen molar-refractivity contribution in [2.45, 2.75) is 25.2 Å². The van der Waals surface area contributed by atoms with E-state index in [1.807, 2.05) is 18.3 Å². The number of benzene rings is 2. The predicted molar refractivity (Wildman–Crippen MR) is 131 cm³/mol. The van der Waals surface area contributed by atoms with Crippen LogP contribution in [0.1, 0.15) is 29.9 Å². The summed E-state index contributed by atoms with van der Waals surface area (Å²) in [5.41, 5.74) is 3.46. The fourth-order valence-corrected chi connectivity index (χ4v) is 4.28. The number of esters is 1. The Kier molecular flexibility index (Phi) is 7.73. The lowest BCUT2D eigenvalue weighted by molar-refractivity contribution is -0.147. The molecule has 2 aliphatic rings. The Bertz CT molecular complexity index is 978. The van der Waals surface area contributed by atoms with E-state index in [4.69, 9.17) is 9.47 Å². The molecule has 1 fully saturated rings. The summed E-state index contributed by atoms with van der Waals surface area (Å²) in [4.78, 5) is 23.2. The normalized spacial score (nSPS) is 19.1. The molecule has 0 amide bonds. The highest BCUT2D eigenvalue weighted by molar-refractivity contribution is 6.00. The van der Waals surface area contributed by atoms with Crippen molar-refractivity contribution in [1.82, 2.24) is 4.90 Å². The lowest BCUT2D eigenvalue weighted by atomic mass is 9.97. The van der Waals surface area contributed by atoms with Crippen LogP contribution in [0.5, 0.6) is 5.75 Å². The number of aliphatic imine (C=N–C) groups is 2. The minimum atomic E-state index is -0.0686. The number of likely N-dealkylation sites (tertiary alicyclic amines) is 1. The summed E-state index contributed by atoms with van der Waals surface area (Å²) >= 11 is 0. The second-order valence-corrected chi connectivity index (χ2v) is 8.53. The summed E-state index contributed by atoms with van der Waals surface area (Å²) in [6, 6.07) is 16.5. The first-order valence-electron chi connectivity index (χ1n) is 11.5. The zero-order valence-electron chi connectivity index (χ0n) is 19.4. The maximum absolute atomic E-state index is 11.7. The first kappa shape index (κ1) is 23.0. The van der Waals surface area contributed by atoms with Crippen LogP contribution < -0.4 is 10.1 Å². The standard InChI is InChI=1S/C26H32N4O3/c1-32-24-9-5-20(6-10-24)22-17-27-26(28-18-22)29-23-7-3-19(4-8-23)11-14-30-15-12-21(13-16-30)25(31)33-2/h3-10,17,21-22H,11-16,18H2,1-2H3,(H,28,29). The van der Waals surface area contributed by atoms with E-state index >= 15 is 0 Å². The molecule has 0 spiro atoms. The van der Waals surface area contributed by atoms with Gasteiger partial charge in [-0.2, -0.15) is 0 Å². The Morgan fingerprint density at radius 3 is 2.39 bits per heavy atom. The van der Waals surface area contributed by atoms with Crippen LogP contribution in [-0.4, -0.2) is 63.4 Å². The van der Waals surface area contributed by atoms with Gasteiger partial charge in [-0.05, 0) is 67.7 Å². The molecule has 0 aromatic heterocycles. The lowest BCUT2D eigenvalue weighted by Crippen LogP contribution is -2.37. The van der Waals surface area contributed by atoms with Gasteiger partial charge in [0.25, 0.3) is 0 Å². The number of carbonyl (C=O) groups excluding carboxylic acids is 1. The maximum Gasteiger partial charge on any atom is 0.308 e. The number of nitrogens with zero attached hydrogens (tertiary/aromatic N) is 3. The van der Waals surface area contributed by atoms with Crippen molar-refractivity contribution in [3.05, 3.63) is 59.7 Å². The van der Waals surface area contributed by atoms with E-state index in [0.717, 1.165) is 50.3 Å². The van der Waals surface area contributed by atoms with Gasteiger partial charge in [0.15, 0.2) is 0 Å². The van der Waals surface area contributed by atoms with Crippen LogP contribution >= 0.6 is 0 Å². The molecule has 0 bridgehead atoms. The summed E-state index contributed by atoms with van der Waals surface area (Å²) in [6.45, 7) is 3.58. The summed E-state index contributed by atoms with van der Waals surface area (Å²) in [5, 5.41) is 3.30. The van der Waals surface area contributed by atoms with Crippen molar-refractivity contribution in [2.75, 3.05) is 45.7 Å². The molecule has 2 aromatic rings. The van der Waals surface area contributed by atoms with Crippen LogP contribution in [-0.2, 0) is 16.0 Å². The molecule has 7 nitrogen and oxygen atoms in total. The smallest absolute Gasteiger partial charge is 0.308 e. The fraction of sp³-hybridized carbons (Fsp3) is 0.423. The second kappa shape index (κ2) is 11.1. The van der Waals surface area contributed by atoms with Gasteiger partial charge in [-0.25, -0.2) is 4.99 Å².